The molecule has 2 N–H and O–H groups in total. The third kappa shape index (κ3) is 5.26. The Morgan fingerprint density at radius 3 is 2.81 bits per heavy atom. The molecular formula is C20H26N6O. The van der Waals surface area contributed by atoms with E-state index in [9.17, 15) is 4.79 Å². The molecule has 7 heteroatoms. The normalized spacial score (nSPS) is 10.9. The highest BCUT2D eigenvalue weighted by Crippen LogP contribution is 2.18. The van der Waals surface area contributed by atoms with Gasteiger partial charge in [-0.25, -0.2) is 14.6 Å². The Bertz CT molecular complexity index is 861. The zero-order valence-electron chi connectivity index (χ0n) is 15.7. The van der Waals surface area contributed by atoms with E-state index in [4.69, 9.17) is 0 Å². The first-order valence-electron chi connectivity index (χ1n) is 9.49. The first kappa shape index (κ1) is 18.8. The summed E-state index contributed by atoms with van der Waals surface area (Å²) < 4.78 is 1.80. The molecule has 3 aromatic rings. The Balaban J connectivity index is 1.45. The summed E-state index contributed by atoms with van der Waals surface area (Å²) in [6.07, 6.45) is 6.64. The number of benzene rings is 1. The molecule has 0 aliphatic heterocycles. The molecule has 0 atom stereocenters. The number of nitrogens with zero attached hydrogens (tertiary/aromatic N) is 4. The van der Waals surface area contributed by atoms with Crippen molar-refractivity contribution in [2.45, 2.75) is 39.2 Å². The van der Waals surface area contributed by atoms with Gasteiger partial charge in [-0.05, 0) is 24.8 Å². The van der Waals surface area contributed by atoms with Gasteiger partial charge in [0.2, 0.25) is 5.91 Å². The fraction of sp³-hybridized carbons (Fsp3) is 0.400. The molecule has 3 rings (SSSR count). The molecular weight excluding hydrogens is 340 g/mol. The highest BCUT2D eigenvalue weighted by atomic mass is 16.1. The third-order valence-corrected chi connectivity index (χ3v) is 4.33. The van der Waals surface area contributed by atoms with Gasteiger partial charge in [0.05, 0.1) is 18.1 Å². The van der Waals surface area contributed by atoms with Gasteiger partial charge in [-0.15, -0.1) is 0 Å². The average molecular weight is 366 g/mol. The Morgan fingerprint density at radius 2 is 2.00 bits per heavy atom. The van der Waals surface area contributed by atoms with Crippen LogP contribution in [0.15, 0.2) is 42.9 Å². The maximum atomic E-state index is 12.0. The summed E-state index contributed by atoms with van der Waals surface area (Å²) in [4.78, 5) is 20.6. The minimum atomic E-state index is 0.0716. The lowest BCUT2D eigenvalue weighted by Gasteiger charge is -2.07. The summed E-state index contributed by atoms with van der Waals surface area (Å²) in [5.74, 6) is 0.875. The number of carbonyl (C=O) groups is 1. The largest absolute Gasteiger partial charge is 0.369 e. The molecule has 27 heavy (non-hydrogen) atoms. The van der Waals surface area contributed by atoms with Crippen LogP contribution in [0.3, 0.4) is 0 Å². The molecule has 0 saturated heterocycles. The SMILES string of the molecule is CCCNc1ncnc2c1cnn2CCNC(=O)CCCc1ccccc1. The molecule has 0 aliphatic carbocycles. The van der Waals surface area contributed by atoms with Crippen molar-refractivity contribution in [3.8, 4) is 0 Å². The third-order valence-electron chi connectivity index (χ3n) is 4.33. The van der Waals surface area contributed by atoms with Crippen molar-refractivity contribution in [1.29, 1.82) is 0 Å². The second kappa shape index (κ2) is 9.66. The summed E-state index contributed by atoms with van der Waals surface area (Å²) in [5, 5.41) is 11.5. The van der Waals surface area contributed by atoms with Gasteiger partial charge in [-0.3, -0.25) is 4.79 Å². The van der Waals surface area contributed by atoms with Crippen molar-refractivity contribution in [1.82, 2.24) is 25.1 Å². The summed E-state index contributed by atoms with van der Waals surface area (Å²) >= 11 is 0. The maximum Gasteiger partial charge on any atom is 0.220 e. The fourth-order valence-corrected chi connectivity index (χ4v) is 2.93. The first-order chi connectivity index (χ1) is 13.3. The molecule has 2 heterocycles. The summed E-state index contributed by atoms with van der Waals surface area (Å²) in [7, 11) is 0. The van der Waals surface area contributed by atoms with E-state index in [0.717, 1.165) is 42.7 Å². The van der Waals surface area contributed by atoms with E-state index < -0.39 is 0 Å². The zero-order chi connectivity index (χ0) is 18.9. The van der Waals surface area contributed by atoms with Gasteiger partial charge >= 0.3 is 0 Å². The topological polar surface area (TPSA) is 84.7 Å². The van der Waals surface area contributed by atoms with Crippen molar-refractivity contribution < 1.29 is 4.79 Å². The predicted molar refractivity (Wildman–Crippen MR) is 106 cm³/mol. The second-order valence-corrected chi connectivity index (χ2v) is 6.44. The van der Waals surface area contributed by atoms with E-state index in [2.05, 4.69) is 44.8 Å². The quantitative estimate of drug-likeness (QED) is 0.576. The molecule has 0 fully saturated rings. The molecule has 1 aromatic carbocycles. The van der Waals surface area contributed by atoms with E-state index in [0.29, 0.717) is 19.5 Å². The number of fused-ring (bicyclic) bond motifs is 1. The molecule has 0 bridgehead atoms. The van der Waals surface area contributed by atoms with Crippen LogP contribution in [0.25, 0.3) is 11.0 Å². The number of rotatable bonds is 10. The van der Waals surface area contributed by atoms with Crippen LogP contribution in [0, 0.1) is 0 Å². The van der Waals surface area contributed by atoms with E-state index in [-0.39, 0.29) is 5.91 Å². The van der Waals surface area contributed by atoms with E-state index >= 15 is 0 Å². The number of aryl methyl sites for hydroxylation is 1. The Hall–Kier alpha value is -2.96. The lowest BCUT2D eigenvalue weighted by Crippen LogP contribution is -2.27. The number of amides is 1. The lowest BCUT2D eigenvalue weighted by molar-refractivity contribution is -0.121. The van der Waals surface area contributed by atoms with Crippen LogP contribution >= 0.6 is 0 Å². The molecule has 142 valence electrons. The minimum Gasteiger partial charge on any atom is -0.369 e. The molecule has 0 aliphatic rings. The Kier molecular flexibility index (Phi) is 6.73. The zero-order valence-corrected chi connectivity index (χ0v) is 15.7. The van der Waals surface area contributed by atoms with E-state index in [1.807, 2.05) is 18.2 Å². The minimum absolute atomic E-state index is 0.0716. The molecule has 0 unspecified atom stereocenters. The molecule has 0 radical (unpaired) electrons. The maximum absolute atomic E-state index is 12.0. The van der Waals surface area contributed by atoms with Crippen LogP contribution in [0.4, 0.5) is 5.82 Å². The van der Waals surface area contributed by atoms with Gasteiger partial charge < -0.3 is 10.6 Å². The van der Waals surface area contributed by atoms with Gasteiger partial charge in [-0.2, -0.15) is 5.10 Å². The molecule has 0 spiro atoms. The average Bonchev–Trinajstić information content (AvgIpc) is 3.11. The Labute approximate surface area is 159 Å². The van der Waals surface area contributed by atoms with Crippen LogP contribution < -0.4 is 10.6 Å². The number of hydrogen-bond donors (Lipinski definition) is 2. The van der Waals surface area contributed by atoms with Crippen molar-refractivity contribution in [3.05, 3.63) is 48.4 Å². The predicted octanol–water partition coefficient (Wildman–Crippen LogP) is 2.79. The lowest BCUT2D eigenvalue weighted by atomic mass is 10.1. The number of carbonyl (C=O) groups excluding carboxylic acids is 1. The van der Waals surface area contributed by atoms with E-state index in [1.54, 1.807) is 17.2 Å². The number of nitrogens with one attached hydrogen (secondary N) is 2. The molecule has 7 nitrogen and oxygen atoms in total. The Morgan fingerprint density at radius 1 is 1.15 bits per heavy atom. The highest BCUT2D eigenvalue weighted by molar-refractivity contribution is 5.86. The first-order valence-corrected chi connectivity index (χ1v) is 9.49. The standard InChI is InChI=1S/C20H26N6O/c1-2-11-22-19-17-14-25-26(20(17)24-15-23-19)13-12-21-18(27)10-6-9-16-7-4-3-5-8-16/h3-5,7-8,14-15H,2,6,9-13H2,1H3,(H,21,27)(H,22,23,24). The van der Waals surface area contributed by atoms with Crippen molar-refractivity contribution in [3.63, 3.8) is 0 Å². The molecule has 2 aromatic heterocycles. The van der Waals surface area contributed by atoms with Crippen LogP contribution in [0.1, 0.15) is 31.7 Å². The van der Waals surface area contributed by atoms with Crippen LogP contribution in [-0.4, -0.2) is 38.7 Å². The number of aromatic nitrogens is 4. The van der Waals surface area contributed by atoms with Gasteiger partial charge in [0.15, 0.2) is 5.65 Å². The van der Waals surface area contributed by atoms with Gasteiger partial charge in [-0.1, -0.05) is 37.3 Å². The fourth-order valence-electron chi connectivity index (χ4n) is 2.93. The highest BCUT2D eigenvalue weighted by Gasteiger charge is 2.09. The monoisotopic (exact) mass is 366 g/mol. The van der Waals surface area contributed by atoms with Crippen molar-refractivity contribution in [2.24, 2.45) is 0 Å². The molecule has 1 amide bonds. The van der Waals surface area contributed by atoms with Crippen LogP contribution in [0.2, 0.25) is 0 Å². The second-order valence-electron chi connectivity index (χ2n) is 6.44. The van der Waals surface area contributed by atoms with Gasteiger partial charge in [0.25, 0.3) is 0 Å². The smallest absolute Gasteiger partial charge is 0.220 e. The molecule has 0 saturated carbocycles. The van der Waals surface area contributed by atoms with Crippen LogP contribution in [0.5, 0.6) is 0 Å². The summed E-state index contributed by atoms with van der Waals surface area (Å²) in [6.45, 7) is 4.08. The number of hydrogen-bond acceptors (Lipinski definition) is 5. The van der Waals surface area contributed by atoms with E-state index in [1.165, 1.54) is 5.56 Å². The van der Waals surface area contributed by atoms with Gasteiger partial charge in [0, 0.05) is 19.5 Å². The summed E-state index contributed by atoms with van der Waals surface area (Å²) in [5.41, 5.74) is 2.04. The van der Waals surface area contributed by atoms with Crippen LogP contribution in [-0.2, 0) is 17.8 Å². The van der Waals surface area contributed by atoms with Crippen molar-refractivity contribution in [2.75, 3.05) is 18.4 Å². The summed E-state index contributed by atoms with van der Waals surface area (Å²) in [6, 6.07) is 10.2. The van der Waals surface area contributed by atoms with Crippen molar-refractivity contribution >= 4 is 22.8 Å². The number of anilines is 1. The van der Waals surface area contributed by atoms with Gasteiger partial charge in [0.1, 0.15) is 12.1 Å².